The van der Waals surface area contributed by atoms with Gasteiger partial charge in [0, 0.05) is 62.9 Å². The van der Waals surface area contributed by atoms with Gasteiger partial charge >= 0.3 is 0 Å². The molecule has 1 aromatic carbocycles. The Morgan fingerprint density at radius 3 is 2.64 bits per heavy atom. The van der Waals surface area contributed by atoms with Crippen LogP contribution in [0.1, 0.15) is 12.1 Å². The van der Waals surface area contributed by atoms with Gasteiger partial charge in [0.15, 0.2) is 0 Å². The van der Waals surface area contributed by atoms with Crippen molar-refractivity contribution >= 4 is 17.5 Å². The predicted octanol–water partition coefficient (Wildman–Crippen LogP) is 1.62. The number of amides is 1. The molecule has 0 radical (unpaired) electrons. The number of nitrogens with one attached hydrogen (secondary N) is 1. The summed E-state index contributed by atoms with van der Waals surface area (Å²) in [4.78, 5) is 28.0. The van der Waals surface area contributed by atoms with Crippen molar-refractivity contribution < 1.29 is 4.79 Å². The van der Waals surface area contributed by atoms with Gasteiger partial charge in [-0.2, -0.15) is 0 Å². The third kappa shape index (κ3) is 4.59. The number of likely N-dealkylation sites (tertiary alicyclic amines) is 1. The summed E-state index contributed by atoms with van der Waals surface area (Å²) in [6, 6.07) is 12.6. The van der Waals surface area contributed by atoms with E-state index in [4.69, 9.17) is 0 Å². The third-order valence-electron chi connectivity index (χ3n) is 5.51. The Hall–Kier alpha value is -2.67. The van der Waals surface area contributed by atoms with Crippen LogP contribution in [0.5, 0.6) is 0 Å². The van der Waals surface area contributed by atoms with Gasteiger partial charge in [-0.05, 0) is 31.5 Å². The highest BCUT2D eigenvalue weighted by Crippen LogP contribution is 2.17. The molecule has 7 nitrogen and oxygen atoms in total. The molecule has 3 heterocycles. The predicted molar refractivity (Wildman–Crippen MR) is 110 cm³/mol. The van der Waals surface area contributed by atoms with E-state index in [0.717, 1.165) is 51.4 Å². The number of piperazine rings is 1. The molecule has 1 aromatic heterocycles. The summed E-state index contributed by atoms with van der Waals surface area (Å²) in [6.07, 6.45) is 2.78. The summed E-state index contributed by atoms with van der Waals surface area (Å²) >= 11 is 0. The second kappa shape index (κ2) is 8.56. The molecule has 7 heteroatoms. The van der Waals surface area contributed by atoms with Crippen molar-refractivity contribution in [3.63, 3.8) is 0 Å². The van der Waals surface area contributed by atoms with Crippen LogP contribution in [-0.4, -0.2) is 77.5 Å². The highest BCUT2D eigenvalue weighted by molar-refractivity contribution is 5.78. The molecule has 2 fully saturated rings. The van der Waals surface area contributed by atoms with Crippen LogP contribution < -0.4 is 10.2 Å². The molecular weight excluding hydrogens is 352 g/mol. The smallest absolute Gasteiger partial charge is 0.236 e. The van der Waals surface area contributed by atoms with Crippen molar-refractivity contribution in [2.45, 2.75) is 19.4 Å². The van der Waals surface area contributed by atoms with Gasteiger partial charge in [-0.1, -0.05) is 18.2 Å². The normalized spacial score (nSPS) is 20.4. The molecule has 1 atom stereocenters. The van der Waals surface area contributed by atoms with Gasteiger partial charge in [-0.25, -0.2) is 9.97 Å². The zero-order valence-corrected chi connectivity index (χ0v) is 16.4. The third-order valence-corrected chi connectivity index (χ3v) is 5.51. The number of hydrogen-bond donors (Lipinski definition) is 1. The minimum absolute atomic E-state index is 0.236. The fraction of sp³-hybridized carbons (Fsp3) is 0.476. The fourth-order valence-electron chi connectivity index (χ4n) is 3.94. The molecule has 2 aromatic rings. The number of hydrogen-bond acceptors (Lipinski definition) is 6. The van der Waals surface area contributed by atoms with E-state index >= 15 is 0 Å². The topological polar surface area (TPSA) is 64.6 Å². The SMILES string of the molecule is Cc1ccnc(NC2CCN(CC(=O)N3CCN(c4ccccc4)CC3)C2)n1. The molecular formula is C21H28N6O. The molecule has 148 valence electrons. The Morgan fingerprint density at radius 2 is 1.89 bits per heavy atom. The first kappa shape index (κ1) is 18.7. The molecule has 0 aliphatic carbocycles. The van der Waals surface area contributed by atoms with E-state index in [-0.39, 0.29) is 5.91 Å². The lowest BCUT2D eigenvalue weighted by atomic mass is 10.2. The minimum atomic E-state index is 0.236. The zero-order valence-electron chi connectivity index (χ0n) is 16.4. The van der Waals surface area contributed by atoms with E-state index in [0.29, 0.717) is 18.5 Å². The Labute approximate surface area is 166 Å². The lowest BCUT2D eigenvalue weighted by Gasteiger charge is -2.36. The number of nitrogens with zero attached hydrogens (tertiary/aromatic N) is 5. The van der Waals surface area contributed by atoms with Crippen LogP contribution >= 0.6 is 0 Å². The Morgan fingerprint density at radius 1 is 1.11 bits per heavy atom. The zero-order chi connectivity index (χ0) is 19.3. The number of para-hydroxylation sites is 1. The monoisotopic (exact) mass is 380 g/mol. The van der Waals surface area contributed by atoms with Gasteiger partial charge in [-0.15, -0.1) is 0 Å². The Bertz CT molecular complexity index is 790. The minimum Gasteiger partial charge on any atom is -0.368 e. The number of carbonyl (C=O) groups is 1. The van der Waals surface area contributed by atoms with E-state index in [9.17, 15) is 4.79 Å². The highest BCUT2D eigenvalue weighted by Gasteiger charge is 2.27. The summed E-state index contributed by atoms with van der Waals surface area (Å²) in [5.41, 5.74) is 2.19. The molecule has 0 spiro atoms. The first-order valence-corrected chi connectivity index (χ1v) is 10.0. The quantitative estimate of drug-likeness (QED) is 0.850. The number of aryl methyl sites for hydroxylation is 1. The number of rotatable bonds is 5. The van der Waals surface area contributed by atoms with Crippen LogP contribution in [0.2, 0.25) is 0 Å². The molecule has 2 aliphatic heterocycles. The summed E-state index contributed by atoms with van der Waals surface area (Å²) < 4.78 is 0. The van der Waals surface area contributed by atoms with Crippen LogP contribution in [0.4, 0.5) is 11.6 Å². The van der Waals surface area contributed by atoms with E-state index in [1.54, 1.807) is 6.20 Å². The summed E-state index contributed by atoms with van der Waals surface area (Å²) in [6.45, 7) is 7.62. The molecule has 1 unspecified atom stereocenters. The molecule has 0 bridgehead atoms. The van der Waals surface area contributed by atoms with Crippen molar-refractivity contribution in [1.29, 1.82) is 0 Å². The molecule has 1 amide bonds. The fourth-order valence-corrected chi connectivity index (χ4v) is 3.94. The summed E-state index contributed by atoms with van der Waals surface area (Å²) in [7, 11) is 0. The van der Waals surface area contributed by atoms with Crippen molar-refractivity contribution in [1.82, 2.24) is 19.8 Å². The molecule has 2 saturated heterocycles. The lowest BCUT2D eigenvalue weighted by Crippen LogP contribution is -2.51. The lowest BCUT2D eigenvalue weighted by molar-refractivity contribution is -0.132. The Kier molecular flexibility index (Phi) is 5.71. The molecule has 28 heavy (non-hydrogen) atoms. The van der Waals surface area contributed by atoms with Gasteiger partial charge in [0.05, 0.1) is 6.54 Å². The van der Waals surface area contributed by atoms with Gasteiger partial charge in [-0.3, -0.25) is 9.69 Å². The number of carbonyl (C=O) groups excluding carboxylic acids is 1. The van der Waals surface area contributed by atoms with E-state index in [1.165, 1.54) is 5.69 Å². The number of aromatic nitrogens is 2. The van der Waals surface area contributed by atoms with Crippen molar-refractivity contribution in [2.24, 2.45) is 0 Å². The molecule has 0 saturated carbocycles. The first-order chi connectivity index (χ1) is 13.7. The van der Waals surface area contributed by atoms with E-state index in [2.05, 4.69) is 49.4 Å². The van der Waals surface area contributed by atoms with Crippen LogP contribution in [-0.2, 0) is 4.79 Å². The second-order valence-electron chi connectivity index (χ2n) is 7.59. The molecule has 4 rings (SSSR count). The van der Waals surface area contributed by atoms with Gasteiger partial charge < -0.3 is 15.1 Å². The van der Waals surface area contributed by atoms with Crippen molar-refractivity contribution in [2.75, 3.05) is 56.0 Å². The standard InChI is InChI=1S/C21H28N6O/c1-17-7-9-22-21(23-17)24-18-8-10-25(15-18)16-20(28)27-13-11-26(12-14-27)19-5-3-2-4-6-19/h2-7,9,18H,8,10-16H2,1H3,(H,22,23,24). The second-order valence-corrected chi connectivity index (χ2v) is 7.59. The van der Waals surface area contributed by atoms with Crippen LogP contribution in [0.15, 0.2) is 42.6 Å². The Balaban J connectivity index is 1.22. The van der Waals surface area contributed by atoms with Crippen molar-refractivity contribution in [3.05, 3.63) is 48.3 Å². The highest BCUT2D eigenvalue weighted by atomic mass is 16.2. The van der Waals surface area contributed by atoms with Gasteiger partial charge in [0.1, 0.15) is 0 Å². The average Bonchev–Trinajstić information content (AvgIpc) is 3.15. The summed E-state index contributed by atoms with van der Waals surface area (Å²) in [5, 5.41) is 3.39. The number of anilines is 2. The maximum atomic E-state index is 12.7. The van der Waals surface area contributed by atoms with E-state index < -0.39 is 0 Å². The maximum absolute atomic E-state index is 12.7. The summed E-state index contributed by atoms with van der Waals surface area (Å²) in [5.74, 6) is 0.912. The van der Waals surface area contributed by atoms with Crippen LogP contribution in [0.3, 0.4) is 0 Å². The largest absolute Gasteiger partial charge is 0.368 e. The maximum Gasteiger partial charge on any atom is 0.236 e. The number of benzene rings is 1. The van der Waals surface area contributed by atoms with E-state index in [1.807, 2.05) is 24.0 Å². The molecule has 1 N–H and O–H groups in total. The van der Waals surface area contributed by atoms with Gasteiger partial charge in [0.2, 0.25) is 11.9 Å². The average molecular weight is 380 g/mol. The van der Waals surface area contributed by atoms with Crippen LogP contribution in [0.25, 0.3) is 0 Å². The first-order valence-electron chi connectivity index (χ1n) is 10.0. The van der Waals surface area contributed by atoms with Crippen molar-refractivity contribution in [3.8, 4) is 0 Å². The van der Waals surface area contributed by atoms with Gasteiger partial charge in [0.25, 0.3) is 0 Å². The van der Waals surface area contributed by atoms with Crippen LogP contribution in [0, 0.1) is 6.92 Å². The molecule has 2 aliphatic rings.